The van der Waals surface area contributed by atoms with E-state index in [1.807, 2.05) is 0 Å². The van der Waals surface area contributed by atoms with Gasteiger partial charge in [-0.3, -0.25) is 4.79 Å². The lowest BCUT2D eigenvalue weighted by Crippen LogP contribution is -2.17. The fraction of sp³-hybridized carbons (Fsp3) is 0.188. The number of aryl methyl sites for hydroxylation is 2. The number of amides is 1. The van der Waals surface area contributed by atoms with E-state index >= 15 is 0 Å². The fourth-order valence-electron chi connectivity index (χ4n) is 1.91. The molecular weight excluding hydrogens is 284 g/mol. The highest BCUT2D eigenvalue weighted by molar-refractivity contribution is 5.96. The van der Waals surface area contributed by atoms with Gasteiger partial charge in [-0.2, -0.15) is 5.10 Å². The Morgan fingerprint density at radius 3 is 2.45 bits per heavy atom. The highest BCUT2D eigenvalue weighted by Crippen LogP contribution is 2.13. The van der Waals surface area contributed by atoms with Crippen molar-refractivity contribution in [2.75, 3.05) is 7.11 Å². The van der Waals surface area contributed by atoms with E-state index in [0.717, 1.165) is 5.56 Å². The average Bonchev–Trinajstić information content (AvgIpc) is 2.86. The van der Waals surface area contributed by atoms with Crippen LogP contribution in [-0.4, -0.2) is 25.2 Å². The molecule has 22 heavy (non-hydrogen) atoms. The van der Waals surface area contributed by atoms with Crippen LogP contribution in [-0.2, 0) is 4.74 Å². The van der Waals surface area contributed by atoms with Crippen molar-refractivity contribution < 1.29 is 18.7 Å². The van der Waals surface area contributed by atoms with Crippen LogP contribution in [0.25, 0.3) is 0 Å². The summed E-state index contributed by atoms with van der Waals surface area (Å²) in [4.78, 5) is 23.2. The lowest BCUT2D eigenvalue weighted by molar-refractivity contribution is 0.0600. The molecule has 0 aliphatic heterocycles. The molecule has 1 amide bonds. The van der Waals surface area contributed by atoms with Gasteiger partial charge in [-0.15, -0.1) is 0 Å². The first-order valence-corrected chi connectivity index (χ1v) is 6.60. The Bertz CT molecular complexity index is 714. The molecule has 0 unspecified atom stereocenters. The van der Waals surface area contributed by atoms with Crippen LogP contribution in [0.3, 0.4) is 0 Å². The van der Waals surface area contributed by atoms with E-state index in [4.69, 9.17) is 4.42 Å². The van der Waals surface area contributed by atoms with Crippen molar-refractivity contribution in [2.24, 2.45) is 5.10 Å². The third-order valence-corrected chi connectivity index (χ3v) is 3.00. The van der Waals surface area contributed by atoms with Gasteiger partial charge in [0.25, 0.3) is 5.91 Å². The third-order valence-electron chi connectivity index (χ3n) is 3.00. The maximum atomic E-state index is 11.9. The van der Waals surface area contributed by atoms with Crippen molar-refractivity contribution in [3.05, 3.63) is 58.5 Å². The molecule has 1 aromatic carbocycles. The van der Waals surface area contributed by atoms with E-state index in [1.165, 1.54) is 13.3 Å². The minimum absolute atomic E-state index is 0.336. The van der Waals surface area contributed by atoms with E-state index in [1.54, 1.807) is 44.2 Å². The van der Waals surface area contributed by atoms with Crippen molar-refractivity contribution in [2.45, 2.75) is 13.8 Å². The normalized spacial score (nSPS) is 10.7. The Morgan fingerprint density at radius 2 is 1.91 bits per heavy atom. The first-order valence-electron chi connectivity index (χ1n) is 6.60. The summed E-state index contributed by atoms with van der Waals surface area (Å²) in [5.41, 5.74) is 4.08. The number of furan rings is 1. The number of benzene rings is 1. The second-order valence-corrected chi connectivity index (χ2v) is 4.64. The monoisotopic (exact) mass is 300 g/mol. The number of ether oxygens (including phenoxy) is 1. The number of nitrogens with zero attached hydrogens (tertiary/aromatic N) is 1. The van der Waals surface area contributed by atoms with Crippen LogP contribution in [0, 0.1) is 13.8 Å². The number of carbonyl (C=O) groups is 2. The summed E-state index contributed by atoms with van der Waals surface area (Å²) >= 11 is 0. The fourth-order valence-corrected chi connectivity index (χ4v) is 1.91. The van der Waals surface area contributed by atoms with Gasteiger partial charge in [-0.05, 0) is 37.6 Å². The number of rotatable bonds is 4. The topological polar surface area (TPSA) is 80.9 Å². The molecule has 6 heteroatoms. The summed E-state index contributed by atoms with van der Waals surface area (Å²) in [5, 5.41) is 3.88. The Labute approximate surface area is 127 Å². The molecule has 6 nitrogen and oxygen atoms in total. The van der Waals surface area contributed by atoms with Gasteiger partial charge in [-0.1, -0.05) is 12.1 Å². The molecule has 0 saturated heterocycles. The highest BCUT2D eigenvalue weighted by Gasteiger charge is 2.12. The summed E-state index contributed by atoms with van der Waals surface area (Å²) in [6, 6.07) is 8.31. The zero-order valence-electron chi connectivity index (χ0n) is 12.5. The van der Waals surface area contributed by atoms with E-state index in [2.05, 4.69) is 15.3 Å². The van der Waals surface area contributed by atoms with Crippen LogP contribution in [0.4, 0.5) is 0 Å². The highest BCUT2D eigenvalue weighted by atomic mass is 16.5. The largest absolute Gasteiger partial charge is 0.466 e. The second-order valence-electron chi connectivity index (χ2n) is 4.64. The molecule has 0 radical (unpaired) electrons. The van der Waals surface area contributed by atoms with Crippen LogP contribution in [0.5, 0.6) is 0 Å². The van der Waals surface area contributed by atoms with Crippen LogP contribution >= 0.6 is 0 Å². The lowest BCUT2D eigenvalue weighted by Gasteiger charge is -2.00. The Morgan fingerprint density at radius 1 is 1.23 bits per heavy atom. The summed E-state index contributed by atoms with van der Waals surface area (Å²) in [6.07, 6.45) is 1.49. The lowest BCUT2D eigenvalue weighted by atomic mass is 10.1. The second kappa shape index (κ2) is 6.71. The van der Waals surface area contributed by atoms with Gasteiger partial charge in [-0.25, -0.2) is 10.2 Å². The molecule has 2 aromatic rings. The van der Waals surface area contributed by atoms with E-state index in [0.29, 0.717) is 22.6 Å². The Hall–Kier alpha value is -2.89. The predicted molar refractivity (Wildman–Crippen MR) is 81.0 cm³/mol. The molecule has 0 atom stereocenters. The molecule has 0 fully saturated rings. The number of carbonyl (C=O) groups excluding carboxylic acids is 2. The van der Waals surface area contributed by atoms with Crippen LogP contribution in [0.1, 0.15) is 37.8 Å². The molecular formula is C16H16N2O4. The number of nitrogens with one attached hydrogen (secondary N) is 1. The van der Waals surface area contributed by atoms with Gasteiger partial charge in [0.1, 0.15) is 11.5 Å². The summed E-state index contributed by atoms with van der Waals surface area (Å²) in [5.74, 6) is 0.483. The standard InChI is InChI=1S/C16H16N2O4/c1-10-8-14(11(2)22-10)15(19)18-17-9-12-4-6-13(7-5-12)16(20)21-3/h4-9H,1-3H3,(H,18,19)/b17-9+. The first-order chi connectivity index (χ1) is 10.5. The zero-order chi connectivity index (χ0) is 16.1. The maximum absolute atomic E-state index is 11.9. The van der Waals surface area contributed by atoms with E-state index in [-0.39, 0.29) is 5.91 Å². The van der Waals surface area contributed by atoms with Gasteiger partial charge in [0.05, 0.1) is 24.5 Å². The average molecular weight is 300 g/mol. The molecule has 0 saturated carbocycles. The van der Waals surface area contributed by atoms with Gasteiger partial charge in [0, 0.05) is 0 Å². The zero-order valence-corrected chi connectivity index (χ0v) is 12.5. The summed E-state index contributed by atoms with van der Waals surface area (Å²) in [7, 11) is 1.33. The molecule has 1 heterocycles. The number of esters is 1. The van der Waals surface area contributed by atoms with Crippen LogP contribution < -0.4 is 5.43 Å². The molecule has 0 bridgehead atoms. The SMILES string of the molecule is COC(=O)c1ccc(/C=N/NC(=O)c2cc(C)oc2C)cc1. The first kappa shape index (κ1) is 15.5. The van der Waals surface area contributed by atoms with Crippen molar-refractivity contribution in [1.82, 2.24) is 5.43 Å². The number of hydrogen-bond donors (Lipinski definition) is 1. The number of hydrogen-bond acceptors (Lipinski definition) is 5. The summed E-state index contributed by atoms with van der Waals surface area (Å²) < 4.78 is 9.90. The van der Waals surface area contributed by atoms with Gasteiger partial charge in [0.2, 0.25) is 0 Å². The van der Waals surface area contributed by atoms with Crippen molar-refractivity contribution in [3.8, 4) is 0 Å². The maximum Gasteiger partial charge on any atom is 0.337 e. The van der Waals surface area contributed by atoms with E-state index in [9.17, 15) is 9.59 Å². The number of hydrazone groups is 1. The molecule has 1 N–H and O–H groups in total. The predicted octanol–water partition coefficient (Wildman–Crippen LogP) is 2.45. The summed E-state index contributed by atoms with van der Waals surface area (Å²) in [6.45, 7) is 3.49. The quantitative estimate of drug-likeness (QED) is 0.534. The van der Waals surface area contributed by atoms with Crippen molar-refractivity contribution in [1.29, 1.82) is 0 Å². The van der Waals surface area contributed by atoms with E-state index < -0.39 is 5.97 Å². The van der Waals surface area contributed by atoms with Gasteiger partial charge < -0.3 is 9.15 Å². The third kappa shape index (κ3) is 3.60. The molecule has 114 valence electrons. The van der Waals surface area contributed by atoms with Gasteiger partial charge >= 0.3 is 5.97 Å². The Balaban J connectivity index is 1.99. The molecule has 0 spiro atoms. The van der Waals surface area contributed by atoms with Crippen LogP contribution in [0.2, 0.25) is 0 Å². The molecule has 0 aliphatic rings. The Kier molecular flexibility index (Phi) is 4.73. The molecule has 2 rings (SSSR count). The molecule has 1 aromatic heterocycles. The van der Waals surface area contributed by atoms with Crippen molar-refractivity contribution >= 4 is 18.1 Å². The van der Waals surface area contributed by atoms with Crippen molar-refractivity contribution in [3.63, 3.8) is 0 Å². The number of methoxy groups -OCH3 is 1. The minimum Gasteiger partial charge on any atom is -0.466 e. The minimum atomic E-state index is -0.400. The smallest absolute Gasteiger partial charge is 0.337 e. The van der Waals surface area contributed by atoms with Crippen LogP contribution in [0.15, 0.2) is 39.9 Å². The molecule has 0 aliphatic carbocycles. The van der Waals surface area contributed by atoms with Gasteiger partial charge in [0.15, 0.2) is 0 Å².